The molecule has 0 aromatic carbocycles. The third-order valence-electron chi connectivity index (χ3n) is 7.01. The van der Waals surface area contributed by atoms with Gasteiger partial charge in [0, 0.05) is 23.4 Å². The van der Waals surface area contributed by atoms with E-state index in [2.05, 4.69) is 36.3 Å². The molecule has 1 atom stereocenters. The second-order valence-corrected chi connectivity index (χ2v) is 10.8. The number of fused-ring (bicyclic) bond motifs is 1. The summed E-state index contributed by atoms with van der Waals surface area (Å²) >= 11 is 1.56. The van der Waals surface area contributed by atoms with Crippen LogP contribution in [0.5, 0.6) is 0 Å². The fraction of sp³-hybridized carbons (Fsp3) is 0.500. The van der Waals surface area contributed by atoms with Crippen LogP contribution in [-0.4, -0.2) is 43.3 Å². The molecule has 0 saturated heterocycles. The molecule has 0 aliphatic heterocycles. The Balaban J connectivity index is 1.27. The first kappa shape index (κ1) is 22.1. The maximum Gasteiger partial charge on any atom is 0.254 e. The Bertz CT molecular complexity index is 1280. The normalized spacial score (nSPS) is 19.2. The van der Waals surface area contributed by atoms with Gasteiger partial charge < -0.3 is 16.0 Å². The first-order valence-electron chi connectivity index (χ1n) is 12.2. The average Bonchev–Trinajstić information content (AvgIpc) is 3.78. The van der Waals surface area contributed by atoms with Crippen molar-refractivity contribution in [3.63, 3.8) is 0 Å². The highest BCUT2D eigenvalue weighted by Gasteiger charge is 2.35. The summed E-state index contributed by atoms with van der Waals surface area (Å²) in [5, 5.41) is 26.6. The number of carbonyl (C=O) groups is 2. The van der Waals surface area contributed by atoms with Crippen molar-refractivity contribution in [2.45, 2.75) is 57.9 Å². The van der Waals surface area contributed by atoms with E-state index < -0.39 is 0 Å². The maximum absolute atomic E-state index is 13.3. The molecule has 3 aromatic rings. The molecule has 6 rings (SSSR count). The smallest absolute Gasteiger partial charge is 0.254 e. The zero-order chi connectivity index (χ0) is 23.9. The lowest BCUT2D eigenvalue weighted by Crippen LogP contribution is -2.28. The highest BCUT2D eigenvalue weighted by Crippen LogP contribution is 2.43. The van der Waals surface area contributed by atoms with E-state index in [1.807, 2.05) is 17.6 Å². The van der Waals surface area contributed by atoms with Gasteiger partial charge >= 0.3 is 0 Å². The predicted octanol–water partition coefficient (Wildman–Crippen LogP) is 3.40. The second kappa shape index (κ2) is 9.03. The number of anilines is 3. The highest BCUT2D eigenvalue weighted by molar-refractivity contribution is 7.17. The van der Waals surface area contributed by atoms with Crippen molar-refractivity contribution in [2.75, 3.05) is 17.2 Å². The minimum absolute atomic E-state index is 0.0306. The number of nitrogens with zero attached hydrogens (tertiary/aromatic N) is 5. The van der Waals surface area contributed by atoms with Gasteiger partial charge in [0.2, 0.25) is 11.9 Å². The molecule has 3 heterocycles. The standard InChI is InChI=1S/C24H28N8O2S/c1-13-18(8-9-26-30-13)28-24-31-27-12-32(24)16-6-7-19-17(10-16)20(22(34)25-11-14-2-3-14)23(35-19)29-21(33)15-4-5-15/h8-9,12,14-16H,2-7,10-11H2,1H3,(H,25,34)(H,29,33)(H,26,28,31)/t16-/m0/s1. The summed E-state index contributed by atoms with van der Waals surface area (Å²) < 4.78 is 2.04. The fourth-order valence-corrected chi connectivity index (χ4v) is 5.84. The van der Waals surface area contributed by atoms with Gasteiger partial charge in [0.15, 0.2) is 0 Å². The van der Waals surface area contributed by atoms with Crippen LogP contribution in [0.2, 0.25) is 0 Å². The van der Waals surface area contributed by atoms with Crippen LogP contribution < -0.4 is 16.0 Å². The van der Waals surface area contributed by atoms with Gasteiger partial charge in [-0.3, -0.25) is 14.2 Å². The molecule has 2 amide bonds. The zero-order valence-corrected chi connectivity index (χ0v) is 20.4. The number of rotatable bonds is 8. The second-order valence-electron chi connectivity index (χ2n) is 9.74. The molecule has 2 saturated carbocycles. The van der Waals surface area contributed by atoms with Crippen LogP contribution in [0.1, 0.15) is 64.6 Å². The van der Waals surface area contributed by atoms with Gasteiger partial charge in [0.1, 0.15) is 11.3 Å². The molecule has 2 fully saturated rings. The third-order valence-corrected chi connectivity index (χ3v) is 8.22. The SMILES string of the molecule is Cc1nnccc1Nc1nncn1[C@H]1CCc2sc(NC(=O)C3CC3)c(C(=O)NCC3CC3)c2C1. The number of carbonyl (C=O) groups excluding carboxylic acids is 2. The van der Waals surface area contributed by atoms with Gasteiger partial charge in [-0.05, 0) is 69.4 Å². The number of amides is 2. The van der Waals surface area contributed by atoms with Crippen molar-refractivity contribution in [3.05, 3.63) is 40.3 Å². The Morgan fingerprint density at radius 2 is 2.00 bits per heavy atom. The molecule has 0 spiro atoms. The number of hydrogen-bond acceptors (Lipinski definition) is 8. The van der Waals surface area contributed by atoms with Crippen LogP contribution in [0, 0.1) is 18.8 Å². The van der Waals surface area contributed by atoms with Crippen molar-refractivity contribution in [1.82, 2.24) is 30.3 Å². The van der Waals surface area contributed by atoms with E-state index in [0.29, 0.717) is 35.4 Å². The van der Waals surface area contributed by atoms with E-state index in [1.54, 1.807) is 23.9 Å². The summed E-state index contributed by atoms with van der Waals surface area (Å²) in [6.45, 7) is 2.58. The van der Waals surface area contributed by atoms with E-state index in [4.69, 9.17) is 0 Å². The molecule has 3 aromatic heterocycles. The number of hydrogen-bond donors (Lipinski definition) is 3. The van der Waals surface area contributed by atoms with Gasteiger partial charge in [-0.15, -0.1) is 21.5 Å². The number of nitrogens with one attached hydrogen (secondary N) is 3. The molecule has 182 valence electrons. The highest BCUT2D eigenvalue weighted by atomic mass is 32.1. The van der Waals surface area contributed by atoms with Crippen LogP contribution in [-0.2, 0) is 17.6 Å². The zero-order valence-electron chi connectivity index (χ0n) is 19.6. The largest absolute Gasteiger partial charge is 0.352 e. The summed E-state index contributed by atoms with van der Waals surface area (Å²) in [7, 11) is 0. The molecule has 10 nitrogen and oxygen atoms in total. The lowest BCUT2D eigenvalue weighted by atomic mass is 9.91. The van der Waals surface area contributed by atoms with Crippen molar-refractivity contribution < 1.29 is 9.59 Å². The third kappa shape index (κ3) is 4.64. The molecule has 0 radical (unpaired) electrons. The van der Waals surface area contributed by atoms with Crippen molar-refractivity contribution in [3.8, 4) is 0 Å². The van der Waals surface area contributed by atoms with Gasteiger partial charge in [0.25, 0.3) is 5.91 Å². The molecule has 3 aliphatic rings. The lowest BCUT2D eigenvalue weighted by molar-refractivity contribution is -0.117. The first-order valence-corrected chi connectivity index (χ1v) is 13.1. The molecular weight excluding hydrogens is 464 g/mol. The van der Waals surface area contributed by atoms with Crippen LogP contribution in [0.15, 0.2) is 18.6 Å². The van der Waals surface area contributed by atoms with Gasteiger partial charge in [0.05, 0.1) is 23.1 Å². The molecular formula is C24H28N8O2S. The van der Waals surface area contributed by atoms with Crippen molar-refractivity contribution in [1.29, 1.82) is 0 Å². The lowest BCUT2D eigenvalue weighted by Gasteiger charge is -2.25. The summed E-state index contributed by atoms with van der Waals surface area (Å²) in [5.74, 6) is 1.25. The summed E-state index contributed by atoms with van der Waals surface area (Å²) in [6, 6.07) is 1.95. The first-order chi connectivity index (χ1) is 17.1. The Morgan fingerprint density at radius 3 is 2.77 bits per heavy atom. The van der Waals surface area contributed by atoms with Crippen LogP contribution in [0.3, 0.4) is 0 Å². The number of aromatic nitrogens is 5. The van der Waals surface area contributed by atoms with Crippen LogP contribution >= 0.6 is 11.3 Å². The Kier molecular flexibility index (Phi) is 5.71. The summed E-state index contributed by atoms with van der Waals surface area (Å²) in [4.78, 5) is 27.1. The molecule has 3 aliphatic carbocycles. The summed E-state index contributed by atoms with van der Waals surface area (Å²) in [6.07, 6.45) is 9.98. The minimum atomic E-state index is -0.0817. The van der Waals surface area contributed by atoms with E-state index in [0.717, 1.165) is 42.6 Å². The van der Waals surface area contributed by atoms with E-state index in [9.17, 15) is 9.59 Å². The van der Waals surface area contributed by atoms with Crippen molar-refractivity contribution in [2.24, 2.45) is 11.8 Å². The molecule has 3 N–H and O–H groups in total. The predicted molar refractivity (Wildman–Crippen MR) is 132 cm³/mol. The summed E-state index contributed by atoms with van der Waals surface area (Å²) in [5.41, 5.74) is 3.27. The monoisotopic (exact) mass is 492 g/mol. The average molecular weight is 493 g/mol. The molecule has 0 bridgehead atoms. The Labute approximate surface area is 206 Å². The molecule has 0 unspecified atom stereocenters. The number of thiophene rings is 1. The van der Waals surface area contributed by atoms with E-state index in [-0.39, 0.29) is 23.8 Å². The van der Waals surface area contributed by atoms with Crippen LogP contribution in [0.4, 0.5) is 16.6 Å². The quantitative estimate of drug-likeness (QED) is 0.440. The van der Waals surface area contributed by atoms with Gasteiger partial charge in [-0.1, -0.05) is 0 Å². The number of aryl methyl sites for hydroxylation is 2. The van der Waals surface area contributed by atoms with Gasteiger partial charge in [-0.2, -0.15) is 10.2 Å². The molecule has 35 heavy (non-hydrogen) atoms. The fourth-order valence-electron chi connectivity index (χ4n) is 4.59. The van der Waals surface area contributed by atoms with Crippen LogP contribution in [0.25, 0.3) is 0 Å². The minimum Gasteiger partial charge on any atom is -0.352 e. The van der Waals surface area contributed by atoms with E-state index in [1.165, 1.54) is 17.7 Å². The topological polar surface area (TPSA) is 127 Å². The Hall–Kier alpha value is -3.34. The van der Waals surface area contributed by atoms with E-state index >= 15 is 0 Å². The van der Waals surface area contributed by atoms with Crippen molar-refractivity contribution >= 4 is 39.8 Å². The molecule has 11 heteroatoms. The van der Waals surface area contributed by atoms with Gasteiger partial charge in [-0.25, -0.2) is 0 Å². The Morgan fingerprint density at radius 1 is 1.14 bits per heavy atom. The maximum atomic E-state index is 13.3.